The number of ketones is 1. The molecule has 0 spiro atoms. The van der Waals surface area contributed by atoms with Crippen molar-refractivity contribution < 1.29 is 9.72 Å². The number of hydrogen-bond acceptors (Lipinski definition) is 5. The number of fused-ring (bicyclic) bond motifs is 1. The molecule has 0 N–H and O–H groups in total. The molecule has 6 heteroatoms. The van der Waals surface area contributed by atoms with Crippen molar-refractivity contribution in [2.24, 2.45) is 0 Å². The van der Waals surface area contributed by atoms with Crippen LogP contribution in [0.15, 0.2) is 52.3 Å². The van der Waals surface area contributed by atoms with E-state index in [9.17, 15) is 14.9 Å². The Balaban J connectivity index is 2.07. The molecule has 0 bridgehead atoms. The van der Waals surface area contributed by atoms with Crippen LogP contribution in [0.25, 0.3) is 6.08 Å². The average Bonchev–Trinajstić information content (AvgIpc) is 2.83. The normalized spacial score (nSPS) is 14.9. The highest BCUT2D eigenvalue weighted by Gasteiger charge is 2.25. The molecule has 0 atom stereocenters. The fourth-order valence-electron chi connectivity index (χ4n) is 2.46. The van der Waals surface area contributed by atoms with Gasteiger partial charge in [0.2, 0.25) is 5.78 Å². The topological polar surface area (TPSA) is 63.4 Å². The Labute approximate surface area is 137 Å². The first-order valence-electron chi connectivity index (χ1n) is 6.96. The maximum atomic E-state index is 12.5. The van der Waals surface area contributed by atoms with Gasteiger partial charge in [0.25, 0.3) is 5.69 Å². The molecule has 1 aliphatic rings. The van der Waals surface area contributed by atoms with Gasteiger partial charge < -0.3 is 4.90 Å². The number of carbonyl (C=O) groups is 1. The first-order chi connectivity index (χ1) is 11.0. The van der Waals surface area contributed by atoms with Crippen LogP contribution in [-0.4, -0.2) is 24.8 Å². The summed E-state index contributed by atoms with van der Waals surface area (Å²) in [6.45, 7) is 0. The van der Waals surface area contributed by atoms with E-state index in [1.165, 1.54) is 23.9 Å². The lowest BCUT2D eigenvalue weighted by atomic mass is 10.1. The van der Waals surface area contributed by atoms with Crippen LogP contribution in [0.3, 0.4) is 0 Å². The Hall–Kier alpha value is -2.60. The number of thioether (sulfide) groups is 1. The summed E-state index contributed by atoms with van der Waals surface area (Å²) in [4.78, 5) is 26.4. The molecule has 2 aromatic carbocycles. The van der Waals surface area contributed by atoms with Gasteiger partial charge in [-0.25, -0.2) is 0 Å². The summed E-state index contributed by atoms with van der Waals surface area (Å²) < 4.78 is 0. The number of benzene rings is 2. The Morgan fingerprint density at radius 3 is 2.57 bits per heavy atom. The van der Waals surface area contributed by atoms with Gasteiger partial charge in [-0.15, -0.1) is 0 Å². The van der Waals surface area contributed by atoms with Crippen LogP contribution in [0.1, 0.15) is 15.9 Å². The van der Waals surface area contributed by atoms with Crippen LogP contribution < -0.4 is 4.90 Å². The van der Waals surface area contributed by atoms with Gasteiger partial charge in [0.15, 0.2) is 0 Å². The number of carbonyl (C=O) groups excluding carboxylic acids is 1. The second-order valence-electron chi connectivity index (χ2n) is 5.33. The molecule has 0 aromatic heterocycles. The smallest absolute Gasteiger partial charge is 0.270 e. The van der Waals surface area contributed by atoms with E-state index >= 15 is 0 Å². The monoisotopic (exact) mass is 326 g/mol. The fourth-order valence-corrected chi connectivity index (χ4v) is 3.50. The number of nitro groups is 1. The van der Waals surface area contributed by atoms with Gasteiger partial charge in [-0.2, -0.15) is 0 Å². The predicted molar refractivity (Wildman–Crippen MR) is 92.0 cm³/mol. The molecule has 0 fully saturated rings. The lowest BCUT2D eigenvalue weighted by Gasteiger charge is -2.15. The third kappa shape index (κ3) is 2.85. The Morgan fingerprint density at radius 1 is 1.17 bits per heavy atom. The lowest BCUT2D eigenvalue weighted by molar-refractivity contribution is -0.384. The lowest BCUT2D eigenvalue weighted by Crippen LogP contribution is -2.10. The zero-order chi connectivity index (χ0) is 16.6. The first kappa shape index (κ1) is 15.3. The Kier molecular flexibility index (Phi) is 3.92. The summed E-state index contributed by atoms with van der Waals surface area (Å²) in [5, 5.41) is 11.0. The molecule has 0 saturated heterocycles. The van der Waals surface area contributed by atoms with Crippen LogP contribution in [0.5, 0.6) is 0 Å². The summed E-state index contributed by atoms with van der Waals surface area (Å²) in [6, 6.07) is 12.1. The standard InChI is InChI=1S/C17H14N2O3S/c1-18(2)14-8-7-12(19(21)22)9-11(14)10-16-17(20)13-5-3-4-6-15(13)23-16/h3-10H,1-2H3/b16-10-. The average molecular weight is 326 g/mol. The Morgan fingerprint density at radius 2 is 1.91 bits per heavy atom. The summed E-state index contributed by atoms with van der Waals surface area (Å²) in [5.74, 6) is -0.0400. The van der Waals surface area contributed by atoms with Crippen LogP contribution >= 0.6 is 11.8 Å². The number of nitrogens with zero attached hydrogens (tertiary/aromatic N) is 2. The second-order valence-corrected chi connectivity index (χ2v) is 6.41. The van der Waals surface area contributed by atoms with Crippen LogP contribution in [0, 0.1) is 10.1 Å². The van der Waals surface area contributed by atoms with Gasteiger partial charge in [0, 0.05) is 47.9 Å². The minimum absolute atomic E-state index is 0.00964. The zero-order valence-electron chi connectivity index (χ0n) is 12.6. The van der Waals surface area contributed by atoms with Crippen molar-refractivity contribution in [2.75, 3.05) is 19.0 Å². The van der Waals surface area contributed by atoms with E-state index in [0.717, 1.165) is 10.6 Å². The van der Waals surface area contributed by atoms with Gasteiger partial charge in [0.1, 0.15) is 0 Å². The van der Waals surface area contributed by atoms with Crippen molar-refractivity contribution in [3.63, 3.8) is 0 Å². The highest BCUT2D eigenvalue weighted by atomic mass is 32.2. The van der Waals surface area contributed by atoms with Gasteiger partial charge >= 0.3 is 0 Å². The van der Waals surface area contributed by atoms with Crippen molar-refractivity contribution in [3.8, 4) is 0 Å². The number of Topliss-reactive ketones (excluding diaryl/α,β-unsaturated/α-hetero) is 1. The number of hydrogen-bond donors (Lipinski definition) is 0. The van der Waals surface area contributed by atoms with E-state index in [4.69, 9.17) is 0 Å². The van der Waals surface area contributed by atoms with Gasteiger partial charge in [-0.1, -0.05) is 23.9 Å². The van der Waals surface area contributed by atoms with Gasteiger partial charge in [-0.3, -0.25) is 14.9 Å². The summed E-state index contributed by atoms with van der Waals surface area (Å²) in [7, 11) is 3.73. The van der Waals surface area contributed by atoms with Crippen LogP contribution in [-0.2, 0) is 0 Å². The Bertz CT molecular complexity index is 843. The molecular weight excluding hydrogens is 312 g/mol. The molecular formula is C17H14N2O3S. The second kappa shape index (κ2) is 5.89. The predicted octanol–water partition coefficient (Wildman–Crippen LogP) is 3.99. The maximum absolute atomic E-state index is 12.5. The van der Waals surface area contributed by atoms with E-state index in [1.807, 2.05) is 37.2 Å². The minimum atomic E-state index is -0.431. The molecule has 0 aliphatic carbocycles. The van der Waals surface area contributed by atoms with E-state index in [2.05, 4.69) is 0 Å². The number of anilines is 1. The van der Waals surface area contributed by atoms with E-state index < -0.39 is 4.92 Å². The first-order valence-corrected chi connectivity index (χ1v) is 7.78. The van der Waals surface area contributed by atoms with Gasteiger partial charge in [-0.05, 0) is 24.3 Å². The minimum Gasteiger partial charge on any atom is -0.377 e. The fraction of sp³-hybridized carbons (Fsp3) is 0.118. The van der Waals surface area contributed by atoms with Crippen molar-refractivity contribution in [3.05, 3.63) is 68.6 Å². The molecule has 0 unspecified atom stereocenters. The summed E-state index contributed by atoms with van der Waals surface area (Å²) in [6.07, 6.45) is 1.73. The molecule has 23 heavy (non-hydrogen) atoms. The molecule has 5 nitrogen and oxygen atoms in total. The van der Waals surface area contributed by atoms with Crippen molar-refractivity contribution in [1.82, 2.24) is 0 Å². The van der Waals surface area contributed by atoms with E-state index in [-0.39, 0.29) is 11.5 Å². The summed E-state index contributed by atoms with van der Waals surface area (Å²) >= 11 is 1.40. The molecule has 1 heterocycles. The molecule has 0 saturated carbocycles. The van der Waals surface area contributed by atoms with Crippen LogP contribution in [0.2, 0.25) is 0 Å². The number of rotatable bonds is 3. The maximum Gasteiger partial charge on any atom is 0.270 e. The highest BCUT2D eigenvalue weighted by molar-refractivity contribution is 8.04. The molecule has 0 radical (unpaired) electrons. The summed E-state index contributed by atoms with van der Waals surface area (Å²) in [5.41, 5.74) is 2.18. The third-order valence-electron chi connectivity index (χ3n) is 3.57. The highest BCUT2D eigenvalue weighted by Crippen LogP contribution is 2.41. The zero-order valence-corrected chi connectivity index (χ0v) is 13.5. The van der Waals surface area contributed by atoms with Crippen LogP contribution in [0.4, 0.5) is 11.4 Å². The third-order valence-corrected chi connectivity index (χ3v) is 4.66. The van der Waals surface area contributed by atoms with Crippen molar-refractivity contribution >= 4 is 35.0 Å². The molecule has 2 aromatic rings. The molecule has 116 valence electrons. The van der Waals surface area contributed by atoms with Crippen molar-refractivity contribution in [1.29, 1.82) is 0 Å². The van der Waals surface area contributed by atoms with E-state index in [0.29, 0.717) is 16.0 Å². The van der Waals surface area contributed by atoms with E-state index in [1.54, 1.807) is 18.2 Å². The largest absolute Gasteiger partial charge is 0.377 e. The van der Waals surface area contributed by atoms with Crippen molar-refractivity contribution in [2.45, 2.75) is 4.90 Å². The molecule has 0 amide bonds. The molecule has 1 aliphatic heterocycles. The number of allylic oxidation sites excluding steroid dienone is 1. The van der Waals surface area contributed by atoms with Gasteiger partial charge in [0.05, 0.1) is 9.83 Å². The molecule has 3 rings (SSSR count). The quantitative estimate of drug-likeness (QED) is 0.485. The number of nitro benzene ring substituents is 1. The number of non-ortho nitro benzene ring substituents is 1. The SMILES string of the molecule is CN(C)c1ccc([N+](=O)[O-])cc1/C=C1\Sc2ccccc2C1=O.